The van der Waals surface area contributed by atoms with Crippen LogP contribution < -0.4 is 0 Å². The minimum absolute atomic E-state index is 0.493. The molecule has 0 radical (unpaired) electrons. The van der Waals surface area contributed by atoms with Crippen LogP contribution in [0.25, 0.3) is 0 Å². The molecule has 0 saturated carbocycles. The topological polar surface area (TPSA) is 80.9 Å². The van der Waals surface area contributed by atoms with E-state index in [9.17, 15) is 20.4 Å². The lowest BCUT2D eigenvalue weighted by Gasteiger charge is -2.58. The van der Waals surface area contributed by atoms with Crippen molar-refractivity contribution in [2.24, 2.45) is 0 Å². The Morgan fingerprint density at radius 3 is 0.676 bits per heavy atom. The Bertz CT molecular complexity index is 1090. The Hall–Kier alpha value is -2.85. The van der Waals surface area contributed by atoms with Crippen molar-refractivity contribution < 1.29 is 20.4 Å². The van der Waals surface area contributed by atoms with Gasteiger partial charge in [0.25, 0.3) is 0 Å². The molecule has 0 spiro atoms. The molecule has 4 atom stereocenters. The molecule has 5 heteroatoms. The van der Waals surface area contributed by atoms with Crippen molar-refractivity contribution in [3.05, 3.63) is 144 Å². The van der Waals surface area contributed by atoms with E-state index in [1.54, 1.807) is 76.2 Å². The number of hydrogen-bond acceptors (Lipinski definition) is 4. The molecule has 0 aliphatic heterocycles. The summed E-state index contributed by atoms with van der Waals surface area (Å²) in [6.07, 6.45) is 0. The fraction of sp³-hybridized carbons (Fsp3) is 0.250. The zero-order valence-corrected chi connectivity index (χ0v) is 22.7. The summed E-state index contributed by atoms with van der Waals surface area (Å²) in [5.74, 6) is 0. The first-order valence-corrected chi connectivity index (χ1v) is 14.2. The summed E-state index contributed by atoms with van der Waals surface area (Å²) in [5.41, 5.74) is 1.97. The minimum Gasteiger partial charge on any atom is -0.353 e. The highest BCUT2D eigenvalue weighted by atomic mass is 31.2. The van der Waals surface area contributed by atoms with Crippen molar-refractivity contribution in [2.75, 3.05) is 0 Å². The summed E-state index contributed by atoms with van der Waals surface area (Å²) >= 11 is 0. The van der Waals surface area contributed by atoms with Crippen molar-refractivity contribution in [3.8, 4) is 0 Å². The fourth-order valence-corrected chi connectivity index (χ4v) is 13.6. The Kier molecular flexibility index (Phi) is 7.20. The van der Waals surface area contributed by atoms with Crippen LogP contribution >= 0.6 is 7.26 Å². The second-order valence-electron chi connectivity index (χ2n) is 10.2. The quantitative estimate of drug-likeness (QED) is 0.203. The average molecular weight is 516 g/mol. The lowest BCUT2D eigenvalue weighted by Crippen LogP contribution is -2.55. The van der Waals surface area contributed by atoms with E-state index in [1.807, 2.05) is 72.8 Å². The minimum atomic E-state index is -3.97. The zero-order chi connectivity index (χ0) is 27.0. The first-order valence-electron chi connectivity index (χ1n) is 12.4. The Morgan fingerprint density at radius 2 is 0.514 bits per heavy atom. The smallest absolute Gasteiger partial charge is 0.207 e. The molecular weight excluding hydrogens is 479 g/mol. The predicted molar refractivity (Wildman–Crippen MR) is 151 cm³/mol. The molecule has 4 N–H and O–H groups in total. The van der Waals surface area contributed by atoms with Gasteiger partial charge >= 0.3 is 0 Å². The summed E-state index contributed by atoms with van der Waals surface area (Å²) in [6.45, 7) is 6.45. The molecule has 0 aromatic heterocycles. The van der Waals surface area contributed by atoms with Gasteiger partial charge in [0.2, 0.25) is 21.4 Å². The number of hydrogen-bond donors (Lipinski definition) is 4. The lowest BCUT2D eigenvalue weighted by molar-refractivity contribution is 0.0230. The standard InChI is InChI=1S/C32H36O4P/c1-29(33,25-17-9-5-10-18-25)37(30(2,34)26-19-11-6-12-20-26,31(3,35)27-21-13-7-14-22-27)32(4,36)28-23-15-8-16-24-28/h5-24,33-36H,1-4H3/q+1. The Morgan fingerprint density at radius 1 is 0.351 bits per heavy atom. The van der Waals surface area contributed by atoms with E-state index in [-0.39, 0.29) is 0 Å². The fourth-order valence-electron chi connectivity index (χ4n) is 6.33. The molecule has 0 fully saturated rings. The van der Waals surface area contributed by atoms with Gasteiger partial charge in [-0.05, 0) is 0 Å². The van der Waals surface area contributed by atoms with Gasteiger partial charge in [0, 0.05) is 49.9 Å². The second-order valence-corrected chi connectivity index (χ2v) is 15.0. The van der Waals surface area contributed by atoms with Crippen LogP contribution in [0.15, 0.2) is 121 Å². The summed E-state index contributed by atoms with van der Waals surface area (Å²) in [4.78, 5) is 0. The largest absolute Gasteiger partial charge is 0.353 e. The molecule has 0 heterocycles. The summed E-state index contributed by atoms with van der Waals surface area (Å²) in [7, 11) is -3.97. The van der Waals surface area contributed by atoms with Crippen molar-refractivity contribution in [1.29, 1.82) is 0 Å². The molecule has 4 aromatic carbocycles. The molecule has 0 amide bonds. The maximum atomic E-state index is 12.9. The third kappa shape index (κ3) is 4.05. The van der Waals surface area contributed by atoms with Crippen LogP contribution in [-0.2, 0) is 21.4 Å². The maximum Gasteiger partial charge on any atom is 0.207 e. The molecule has 0 aliphatic carbocycles. The number of aliphatic hydroxyl groups is 4. The molecule has 37 heavy (non-hydrogen) atoms. The molecule has 192 valence electrons. The van der Waals surface area contributed by atoms with Gasteiger partial charge in [0.1, 0.15) is 0 Å². The van der Waals surface area contributed by atoms with Gasteiger partial charge in [-0.25, -0.2) is 0 Å². The van der Waals surface area contributed by atoms with Crippen LogP contribution in [0.4, 0.5) is 0 Å². The van der Waals surface area contributed by atoms with Gasteiger partial charge < -0.3 is 20.4 Å². The van der Waals surface area contributed by atoms with Gasteiger partial charge in [0.15, 0.2) is 7.26 Å². The molecular formula is C32H36O4P+. The van der Waals surface area contributed by atoms with Crippen LogP contribution in [0.1, 0.15) is 49.9 Å². The zero-order valence-electron chi connectivity index (χ0n) is 21.8. The third-order valence-electron chi connectivity index (χ3n) is 7.90. The predicted octanol–water partition coefficient (Wildman–Crippen LogP) is 6.46. The van der Waals surface area contributed by atoms with Crippen LogP contribution in [0, 0.1) is 0 Å². The van der Waals surface area contributed by atoms with Crippen LogP contribution in [-0.4, -0.2) is 20.4 Å². The van der Waals surface area contributed by atoms with Crippen LogP contribution in [0.2, 0.25) is 0 Å². The van der Waals surface area contributed by atoms with E-state index in [2.05, 4.69) is 0 Å². The third-order valence-corrected chi connectivity index (χ3v) is 14.2. The molecule has 4 rings (SSSR count). The lowest BCUT2D eigenvalue weighted by atomic mass is 10.1. The molecule has 0 aliphatic rings. The Labute approximate surface area is 220 Å². The molecule has 0 bridgehead atoms. The first kappa shape index (κ1) is 27.2. The van der Waals surface area contributed by atoms with E-state index in [4.69, 9.17) is 0 Å². The number of benzene rings is 4. The maximum absolute atomic E-state index is 12.9. The van der Waals surface area contributed by atoms with Crippen molar-refractivity contribution in [1.82, 2.24) is 0 Å². The second kappa shape index (κ2) is 9.79. The normalized spacial score (nSPS) is 19.9. The van der Waals surface area contributed by atoms with Gasteiger partial charge in [-0.1, -0.05) is 121 Å². The molecule has 4 unspecified atom stereocenters. The van der Waals surface area contributed by atoms with E-state index in [0.29, 0.717) is 22.3 Å². The van der Waals surface area contributed by atoms with Gasteiger partial charge in [0.05, 0.1) is 0 Å². The van der Waals surface area contributed by atoms with Crippen LogP contribution in [0.5, 0.6) is 0 Å². The molecule has 4 nitrogen and oxygen atoms in total. The summed E-state index contributed by atoms with van der Waals surface area (Å²) in [6, 6.07) is 36.1. The highest BCUT2D eigenvalue weighted by molar-refractivity contribution is 7.79. The highest BCUT2D eigenvalue weighted by Gasteiger charge is 2.83. The summed E-state index contributed by atoms with van der Waals surface area (Å²) < 4.78 is 0. The van der Waals surface area contributed by atoms with Crippen LogP contribution in [0.3, 0.4) is 0 Å². The van der Waals surface area contributed by atoms with Gasteiger partial charge in [-0.2, -0.15) is 0 Å². The van der Waals surface area contributed by atoms with E-state index in [0.717, 1.165) is 0 Å². The van der Waals surface area contributed by atoms with E-state index in [1.165, 1.54) is 0 Å². The van der Waals surface area contributed by atoms with E-state index < -0.39 is 28.6 Å². The van der Waals surface area contributed by atoms with E-state index >= 15 is 0 Å². The van der Waals surface area contributed by atoms with Crippen molar-refractivity contribution >= 4 is 7.26 Å². The first-order chi connectivity index (χ1) is 17.4. The molecule has 4 aromatic rings. The van der Waals surface area contributed by atoms with Gasteiger partial charge in [-0.15, -0.1) is 0 Å². The SMILES string of the molecule is CC(O)(c1ccccc1)[P+](C(C)(O)c1ccccc1)(C(C)(O)c1ccccc1)C(C)(O)c1ccccc1. The average Bonchev–Trinajstić information content (AvgIpc) is 2.90. The highest BCUT2D eigenvalue weighted by Crippen LogP contribution is 2.95. The Balaban J connectivity index is 2.24. The monoisotopic (exact) mass is 515 g/mol. The summed E-state index contributed by atoms with van der Waals surface area (Å²) in [5, 5.41) is 44.0. The van der Waals surface area contributed by atoms with Gasteiger partial charge in [-0.3, -0.25) is 0 Å². The van der Waals surface area contributed by atoms with Crippen molar-refractivity contribution in [2.45, 2.75) is 49.1 Å². The molecule has 0 saturated heterocycles. The number of rotatable bonds is 8. The van der Waals surface area contributed by atoms with Crippen molar-refractivity contribution in [3.63, 3.8) is 0 Å².